The molecule has 0 radical (unpaired) electrons. The van der Waals surface area contributed by atoms with Gasteiger partial charge in [0.1, 0.15) is 5.69 Å². The van der Waals surface area contributed by atoms with Gasteiger partial charge in [-0.1, -0.05) is 29.8 Å². The minimum absolute atomic E-state index is 0.110. The van der Waals surface area contributed by atoms with E-state index in [0.717, 1.165) is 16.5 Å². The number of nitrogens with one attached hydrogen (secondary N) is 3. The summed E-state index contributed by atoms with van der Waals surface area (Å²) in [5.74, 6) is -0.690. The van der Waals surface area contributed by atoms with Gasteiger partial charge in [0.15, 0.2) is 0 Å². The summed E-state index contributed by atoms with van der Waals surface area (Å²) >= 11 is 5.81. The first-order chi connectivity index (χ1) is 12.1. The molecule has 0 saturated carbocycles. The van der Waals surface area contributed by atoms with Crippen molar-refractivity contribution in [3.63, 3.8) is 0 Å². The smallest absolute Gasteiger partial charge is 0.270 e. The number of nitrogens with zero attached hydrogens (tertiary/aromatic N) is 1. The SMILES string of the molecule is O=C(CNC(=O)c1cc(Cl)ccn1)NCCc1c[nH]c2ccccc12. The lowest BCUT2D eigenvalue weighted by Crippen LogP contribution is -2.37. The van der Waals surface area contributed by atoms with E-state index in [2.05, 4.69) is 20.6 Å². The fourth-order valence-electron chi connectivity index (χ4n) is 2.52. The van der Waals surface area contributed by atoms with E-state index in [0.29, 0.717) is 18.0 Å². The largest absolute Gasteiger partial charge is 0.361 e. The molecule has 6 nitrogen and oxygen atoms in total. The number of amides is 2. The van der Waals surface area contributed by atoms with Gasteiger partial charge < -0.3 is 15.6 Å². The first-order valence-electron chi connectivity index (χ1n) is 7.85. The van der Waals surface area contributed by atoms with Gasteiger partial charge in [0.05, 0.1) is 6.54 Å². The first kappa shape index (κ1) is 17.0. The van der Waals surface area contributed by atoms with Gasteiger partial charge in [-0.3, -0.25) is 14.6 Å². The molecule has 0 saturated heterocycles. The summed E-state index contributed by atoms with van der Waals surface area (Å²) in [5, 5.41) is 6.88. The molecule has 128 valence electrons. The molecule has 0 spiro atoms. The highest BCUT2D eigenvalue weighted by molar-refractivity contribution is 6.30. The molecular formula is C18H17ClN4O2. The van der Waals surface area contributed by atoms with E-state index in [9.17, 15) is 9.59 Å². The molecule has 1 aromatic carbocycles. The molecular weight excluding hydrogens is 340 g/mol. The number of carbonyl (C=O) groups excluding carboxylic acids is 2. The van der Waals surface area contributed by atoms with Crippen LogP contribution in [0.25, 0.3) is 10.9 Å². The number of pyridine rings is 1. The van der Waals surface area contributed by atoms with Crippen molar-refractivity contribution >= 4 is 34.3 Å². The predicted molar refractivity (Wildman–Crippen MR) is 96.6 cm³/mol. The maximum atomic E-state index is 11.9. The van der Waals surface area contributed by atoms with Crippen LogP contribution < -0.4 is 10.6 Å². The van der Waals surface area contributed by atoms with Gasteiger partial charge in [-0.25, -0.2) is 0 Å². The van der Waals surface area contributed by atoms with E-state index < -0.39 is 5.91 Å². The Kier molecular flexibility index (Phi) is 5.30. The van der Waals surface area contributed by atoms with Crippen LogP contribution in [0.1, 0.15) is 16.1 Å². The summed E-state index contributed by atoms with van der Waals surface area (Å²) in [6, 6.07) is 11.0. The second-order valence-corrected chi connectivity index (χ2v) is 5.94. The lowest BCUT2D eigenvalue weighted by atomic mass is 10.1. The van der Waals surface area contributed by atoms with Crippen LogP contribution in [0.2, 0.25) is 5.02 Å². The normalized spacial score (nSPS) is 10.6. The Hall–Kier alpha value is -2.86. The Labute approximate surface area is 149 Å². The average molecular weight is 357 g/mol. The maximum Gasteiger partial charge on any atom is 0.270 e. The predicted octanol–water partition coefficient (Wildman–Crippen LogP) is 2.31. The van der Waals surface area contributed by atoms with E-state index in [4.69, 9.17) is 11.6 Å². The number of hydrogen-bond donors (Lipinski definition) is 3. The summed E-state index contributed by atoms with van der Waals surface area (Å²) < 4.78 is 0. The number of fused-ring (bicyclic) bond motifs is 1. The highest BCUT2D eigenvalue weighted by Crippen LogP contribution is 2.17. The van der Waals surface area contributed by atoms with E-state index in [1.54, 1.807) is 6.07 Å². The zero-order chi connectivity index (χ0) is 17.6. The van der Waals surface area contributed by atoms with Crippen molar-refractivity contribution in [2.24, 2.45) is 0 Å². The van der Waals surface area contributed by atoms with E-state index >= 15 is 0 Å². The van der Waals surface area contributed by atoms with Crippen molar-refractivity contribution < 1.29 is 9.59 Å². The topological polar surface area (TPSA) is 86.9 Å². The summed E-state index contributed by atoms with van der Waals surface area (Å²) in [4.78, 5) is 30.9. The van der Waals surface area contributed by atoms with Gasteiger partial charge in [0, 0.05) is 34.9 Å². The van der Waals surface area contributed by atoms with Crippen LogP contribution in [0.5, 0.6) is 0 Å². The number of rotatable bonds is 6. The van der Waals surface area contributed by atoms with Crippen LogP contribution in [0, 0.1) is 0 Å². The molecule has 0 aliphatic heterocycles. The zero-order valence-electron chi connectivity index (χ0n) is 13.4. The minimum Gasteiger partial charge on any atom is -0.361 e. The van der Waals surface area contributed by atoms with Crippen molar-refractivity contribution in [2.45, 2.75) is 6.42 Å². The second kappa shape index (κ2) is 7.81. The fraction of sp³-hybridized carbons (Fsp3) is 0.167. The van der Waals surface area contributed by atoms with Crippen molar-refractivity contribution in [3.8, 4) is 0 Å². The highest BCUT2D eigenvalue weighted by Gasteiger charge is 2.10. The molecule has 2 aromatic heterocycles. The third kappa shape index (κ3) is 4.36. The quantitative estimate of drug-likeness (QED) is 0.633. The van der Waals surface area contributed by atoms with Gasteiger partial charge >= 0.3 is 0 Å². The molecule has 0 aliphatic rings. The summed E-state index contributed by atoms with van der Waals surface area (Å²) in [5.41, 5.74) is 2.40. The maximum absolute atomic E-state index is 11.9. The number of para-hydroxylation sites is 1. The van der Waals surface area contributed by atoms with Crippen LogP contribution in [-0.2, 0) is 11.2 Å². The Bertz CT molecular complexity index is 907. The van der Waals surface area contributed by atoms with Crippen molar-refractivity contribution in [1.82, 2.24) is 20.6 Å². The van der Waals surface area contributed by atoms with E-state index in [-0.39, 0.29) is 18.1 Å². The Morgan fingerprint density at radius 3 is 2.84 bits per heavy atom. The summed E-state index contributed by atoms with van der Waals surface area (Å²) in [6.07, 6.45) is 4.10. The van der Waals surface area contributed by atoms with E-state index in [1.165, 1.54) is 12.3 Å². The number of aromatic amines is 1. The number of H-pyrrole nitrogens is 1. The molecule has 0 fully saturated rings. The first-order valence-corrected chi connectivity index (χ1v) is 8.23. The zero-order valence-corrected chi connectivity index (χ0v) is 14.1. The molecule has 0 aliphatic carbocycles. The van der Waals surface area contributed by atoms with E-state index in [1.807, 2.05) is 30.5 Å². The van der Waals surface area contributed by atoms with Crippen molar-refractivity contribution in [1.29, 1.82) is 0 Å². The Balaban J connectivity index is 1.44. The summed E-state index contributed by atoms with van der Waals surface area (Å²) in [7, 11) is 0. The lowest BCUT2D eigenvalue weighted by molar-refractivity contribution is -0.120. The van der Waals surface area contributed by atoms with Crippen molar-refractivity contribution in [2.75, 3.05) is 13.1 Å². The molecule has 3 aromatic rings. The van der Waals surface area contributed by atoms with Crippen LogP contribution >= 0.6 is 11.6 Å². The second-order valence-electron chi connectivity index (χ2n) is 5.50. The van der Waals surface area contributed by atoms with Crippen LogP contribution in [0.15, 0.2) is 48.8 Å². The Morgan fingerprint density at radius 2 is 2.00 bits per heavy atom. The van der Waals surface area contributed by atoms with Gasteiger partial charge in [0.25, 0.3) is 5.91 Å². The number of hydrogen-bond acceptors (Lipinski definition) is 3. The third-order valence-electron chi connectivity index (χ3n) is 3.76. The highest BCUT2D eigenvalue weighted by atomic mass is 35.5. The van der Waals surface area contributed by atoms with Crippen LogP contribution in [0.4, 0.5) is 0 Å². The molecule has 7 heteroatoms. The number of benzene rings is 1. The molecule has 2 heterocycles. The van der Waals surface area contributed by atoms with Gasteiger partial charge in [-0.05, 0) is 30.2 Å². The van der Waals surface area contributed by atoms with Crippen LogP contribution in [-0.4, -0.2) is 34.9 Å². The number of aromatic nitrogens is 2. The molecule has 3 rings (SSSR count). The molecule has 2 amide bonds. The minimum atomic E-state index is -0.436. The van der Waals surface area contributed by atoms with Crippen LogP contribution in [0.3, 0.4) is 0 Å². The standard InChI is InChI=1S/C18H17ClN4O2/c19-13-6-8-20-16(9-13)18(25)23-11-17(24)21-7-5-12-10-22-15-4-2-1-3-14(12)15/h1-4,6,8-10,22H,5,7,11H2,(H,21,24)(H,23,25). The monoisotopic (exact) mass is 356 g/mol. The van der Waals surface area contributed by atoms with Gasteiger partial charge in [0.2, 0.25) is 5.91 Å². The average Bonchev–Trinajstić information content (AvgIpc) is 3.03. The van der Waals surface area contributed by atoms with Crippen molar-refractivity contribution in [3.05, 3.63) is 65.1 Å². The molecule has 3 N–H and O–H groups in total. The van der Waals surface area contributed by atoms with Gasteiger partial charge in [-0.15, -0.1) is 0 Å². The molecule has 0 unspecified atom stereocenters. The Morgan fingerprint density at radius 1 is 1.16 bits per heavy atom. The van der Waals surface area contributed by atoms with Gasteiger partial charge in [-0.2, -0.15) is 0 Å². The molecule has 0 bridgehead atoms. The third-order valence-corrected chi connectivity index (χ3v) is 3.99. The molecule has 25 heavy (non-hydrogen) atoms. The number of halogens is 1. The number of carbonyl (C=O) groups is 2. The fourth-order valence-corrected chi connectivity index (χ4v) is 2.68. The molecule has 0 atom stereocenters. The summed E-state index contributed by atoms with van der Waals surface area (Å²) in [6.45, 7) is 0.382. The lowest BCUT2D eigenvalue weighted by Gasteiger charge is -2.06.